The number of thiophene rings is 1. The van der Waals surface area contributed by atoms with Crippen LogP contribution in [0, 0.1) is 5.92 Å². The second-order valence-electron chi connectivity index (χ2n) is 4.94. The predicted molar refractivity (Wildman–Crippen MR) is 69.3 cm³/mol. The van der Waals surface area contributed by atoms with Gasteiger partial charge in [0.25, 0.3) is 5.91 Å². The molecule has 0 radical (unpaired) electrons. The van der Waals surface area contributed by atoms with Crippen molar-refractivity contribution in [1.29, 1.82) is 0 Å². The van der Waals surface area contributed by atoms with Gasteiger partial charge in [0.2, 0.25) is 0 Å². The number of nitrogens with zero attached hydrogens (tertiary/aromatic N) is 1. The summed E-state index contributed by atoms with van der Waals surface area (Å²) < 4.78 is 5.37. The maximum absolute atomic E-state index is 12.3. The number of ether oxygens (including phenoxy) is 1. The van der Waals surface area contributed by atoms with E-state index in [-0.39, 0.29) is 5.91 Å². The van der Waals surface area contributed by atoms with Crippen molar-refractivity contribution in [2.75, 3.05) is 19.7 Å². The SMILES string of the molecule is O=C(O)[C@@H]1CCN(C(=O)c2cc3c(s2)CCOC3)C1. The van der Waals surface area contributed by atoms with Crippen LogP contribution in [0.15, 0.2) is 6.07 Å². The van der Waals surface area contributed by atoms with Crippen LogP contribution in [0.1, 0.15) is 26.5 Å². The number of amides is 1. The molecular weight excluding hydrogens is 266 g/mol. The summed E-state index contributed by atoms with van der Waals surface area (Å²) in [6.45, 7) is 2.16. The molecule has 1 N–H and O–H groups in total. The second kappa shape index (κ2) is 4.94. The molecular formula is C13H15NO4S. The Balaban J connectivity index is 1.74. The maximum Gasteiger partial charge on any atom is 0.308 e. The molecule has 2 aliphatic rings. The molecule has 102 valence electrons. The van der Waals surface area contributed by atoms with Crippen LogP contribution in [0.5, 0.6) is 0 Å². The van der Waals surface area contributed by atoms with E-state index in [4.69, 9.17) is 9.84 Å². The summed E-state index contributed by atoms with van der Waals surface area (Å²) in [6, 6.07) is 1.90. The fourth-order valence-corrected chi connectivity index (χ4v) is 3.67. The summed E-state index contributed by atoms with van der Waals surface area (Å²) >= 11 is 1.52. The standard InChI is InChI=1S/C13H15NO4S/c15-12(14-3-1-8(6-14)13(16)17)11-5-9-7-18-4-2-10(9)19-11/h5,8H,1-4,6-7H2,(H,16,17)/t8-/m1/s1. The number of carboxylic acid groups (broad SMARTS) is 1. The Morgan fingerprint density at radius 1 is 1.47 bits per heavy atom. The molecule has 1 fully saturated rings. The zero-order chi connectivity index (χ0) is 13.4. The summed E-state index contributed by atoms with van der Waals surface area (Å²) in [5, 5.41) is 8.96. The van der Waals surface area contributed by atoms with E-state index >= 15 is 0 Å². The number of hydrogen-bond donors (Lipinski definition) is 1. The minimum atomic E-state index is -0.811. The minimum Gasteiger partial charge on any atom is -0.481 e. The lowest BCUT2D eigenvalue weighted by Crippen LogP contribution is -2.29. The summed E-state index contributed by atoms with van der Waals surface area (Å²) in [5.41, 5.74) is 1.11. The highest BCUT2D eigenvalue weighted by atomic mass is 32.1. The average Bonchev–Trinajstić information content (AvgIpc) is 3.04. The van der Waals surface area contributed by atoms with Crippen molar-refractivity contribution >= 4 is 23.2 Å². The molecule has 1 aromatic rings. The van der Waals surface area contributed by atoms with Gasteiger partial charge < -0.3 is 14.7 Å². The first-order valence-electron chi connectivity index (χ1n) is 6.36. The molecule has 0 unspecified atom stereocenters. The average molecular weight is 281 g/mol. The molecule has 5 nitrogen and oxygen atoms in total. The Labute approximate surface area is 114 Å². The van der Waals surface area contributed by atoms with Crippen LogP contribution in [-0.4, -0.2) is 41.6 Å². The van der Waals surface area contributed by atoms with Gasteiger partial charge in [-0.25, -0.2) is 0 Å². The highest BCUT2D eigenvalue weighted by Crippen LogP contribution is 2.29. The molecule has 0 spiro atoms. The third-order valence-corrected chi connectivity index (χ3v) is 4.89. The van der Waals surface area contributed by atoms with Crippen molar-refractivity contribution in [3.63, 3.8) is 0 Å². The number of carboxylic acids is 1. The van der Waals surface area contributed by atoms with Gasteiger partial charge in [0.15, 0.2) is 0 Å². The number of carbonyl (C=O) groups is 2. The Hall–Kier alpha value is -1.40. The van der Waals surface area contributed by atoms with Gasteiger partial charge in [0, 0.05) is 24.4 Å². The van der Waals surface area contributed by atoms with E-state index in [0.717, 1.165) is 12.0 Å². The lowest BCUT2D eigenvalue weighted by Gasteiger charge is -2.14. The Bertz CT molecular complexity index is 501. The van der Waals surface area contributed by atoms with Crippen molar-refractivity contribution in [2.24, 2.45) is 5.92 Å². The van der Waals surface area contributed by atoms with Crippen molar-refractivity contribution < 1.29 is 19.4 Å². The topological polar surface area (TPSA) is 66.8 Å². The third kappa shape index (κ3) is 2.37. The van der Waals surface area contributed by atoms with Gasteiger partial charge in [-0.1, -0.05) is 0 Å². The van der Waals surface area contributed by atoms with Crippen LogP contribution in [0.2, 0.25) is 0 Å². The van der Waals surface area contributed by atoms with Crippen molar-refractivity contribution in [3.05, 3.63) is 21.4 Å². The molecule has 3 rings (SSSR count). The van der Waals surface area contributed by atoms with Crippen LogP contribution in [0.25, 0.3) is 0 Å². The quantitative estimate of drug-likeness (QED) is 0.889. The van der Waals surface area contributed by atoms with Crippen molar-refractivity contribution in [1.82, 2.24) is 4.90 Å². The third-order valence-electron chi connectivity index (χ3n) is 3.66. The first-order chi connectivity index (χ1) is 9.15. The molecule has 3 heterocycles. The fourth-order valence-electron chi connectivity index (χ4n) is 2.55. The van der Waals surface area contributed by atoms with Crippen LogP contribution < -0.4 is 0 Å². The molecule has 0 aromatic carbocycles. The normalized spacial score (nSPS) is 22.3. The van der Waals surface area contributed by atoms with Crippen molar-refractivity contribution in [3.8, 4) is 0 Å². The summed E-state index contributed by atoms with van der Waals surface area (Å²) in [5.74, 6) is -1.26. The molecule has 1 aromatic heterocycles. The number of hydrogen-bond acceptors (Lipinski definition) is 4. The maximum atomic E-state index is 12.3. The Kier molecular flexibility index (Phi) is 3.28. The van der Waals surface area contributed by atoms with Gasteiger partial charge in [0.1, 0.15) is 0 Å². The van der Waals surface area contributed by atoms with E-state index in [0.29, 0.717) is 37.6 Å². The molecule has 0 bridgehead atoms. The monoisotopic (exact) mass is 281 g/mol. The molecule has 1 saturated heterocycles. The fraction of sp³-hybridized carbons (Fsp3) is 0.538. The highest BCUT2D eigenvalue weighted by Gasteiger charge is 2.32. The van der Waals surface area contributed by atoms with Crippen LogP contribution >= 0.6 is 11.3 Å². The van der Waals surface area contributed by atoms with E-state index in [1.54, 1.807) is 4.90 Å². The molecule has 19 heavy (non-hydrogen) atoms. The Morgan fingerprint density at radius 2 is 2.32 bits per heavy atom. The van der Waals surface area contributed by atoms with E-state index in [1.165, 1.54) is 16.2 Å². The van der Waals surface area contributed by atoms with Gasteiger partial charge in [-0.05, 0) is 18.1 Å². The van der Waals surface area contributed by atoms with Crippen LogP contribution in [0.3, 0.4) is 0 Å². The van der Waals surface area contributed by atoms with Gasteiger partial charge >= 0.3 is 5.97 Å². The van der Waals surface area contributed by atoms with E-state index in [2.05, 4.69) is 0 Å². The molecule has 1 atom stereocenters. The van der Waals surface area contributed by atoms with Gasteiger partial charge in [-0.15, -0.1) is 11.3 Å². The number of carbonyl (C=O) groups excluding carboxylic acids is 1. The van der Waals surface area contributed by atoms with E-state index in [9.17, 15) is 9.59 Å². The number of likely N-dealkylation sites (tertiary alicyclic amines) is 1. The summed E-state index contributed by atoms with van der Waals surface area (Å²) in [6.07, 6.45) is 1.42. The van der Waals surface area contributed by atoms with Gasteiger partial charge in [0.05, 0.1) is 24.0 Å². The number of rotatable bonds is 2. The van der Waals surface area contributed by atoms with E-state index in [1.807, 2.05) is 6.07 Å². The largest absolute Gasteiger partial charge is 0.481 e. The number of fused-ring (bicyclic) bond motifs is 1. The highest BCUT2D eigenvalue weighted by molar-refractivity contribution is 7.14. The second-order valence-corrected chi connectivity index (χ2v) is 6.07. The first-order valence-corrected chi connectivity index (χ1v) is 7.18. The number of aliphatic carboxylic acids is 1. The molecule has 0 saturated carbocycles. The molecule has 6 heteroatoms. The smallest absolute Gasteiger partial charge is 0.308 e. The van der Waals surface area contributed by atoms with Crippen molar-refractivity contribution in [2.45, 2.75) is 19.4 Å². The first kappa shape index (κ1) is 12.6. The van der Waals surface area contributed by atoms with Gasteiger partial charge in [-0.3, -0.25) is 9.59 Å². The van der Waals surface area contributed by atoms with Crippen LogP contribution in [-0.2, 0) is 22.6 Å². The lowest BCUT2D eigenvalue weighted by molar-refractivity contribution is -0.141. The summed E-state index contributed by atoms with van der Waals surface area (Å²) in [7, 11) is 0. The lowest BCUT2D eigenvalue weighted by atomic mass is 10.1. The van der Waals surface area contributed by atoms with Gasteiger partial charge in [-0.2, -0.15) is 0 Å². The molecule has 0 aliphatic carbocycles. The summed E-state index contributed by atoms with van der Waals surface area (Å²) in [4.78, 5) is 26.8. The minimum absolute atomic E-state index is 0.0387. The Morgan fingerprint density at radius 3 is 3.00 bits per heavy atom. The zero-order valence-corrected chi connectivity index (χ0v) is 11.2. The van der Waals surface area contributed by atoms with E-state index < -0.39 is 11.9 Å². The van der Waals surface area contributed by atoms with Crippen LogP contribution in [0.4, 0.5) is 0 Å². The molecule has 1 amide bonds. The predicted octanol–water partition coefficient (Wildman–Crippen LogP) is 1.37. The molecule has 2 aliphatic heterocycles. The zero-order valence-electron chi connectivity index (χ0n) is 10.4.